The van der Waals surface area contributed by atoms with E-state index in [1.54, 1.807) is 38.4 Å². The fourth-order valence-corrected chi connectivity index (χ4v) is 2.37. The largest absolute Gasteiger partial charge is 0.348 e. The van der Waals surface area contributed by atoms with Crippen molar-refractivity contribution in [3.05, 3.63) is 39.5 Å². The second-order valence-electron chi connectivity index (χ2n) is 4.19. The van der Waals surface area contributed by atoms with E-state index in [-0.39, 0.29) is 5.91 Å². The average molecular weight is 278 g/mol. The van der Waals surface area contributed by atoms with Crippen LogP contribution >= 0.6 is 11.3 Å². The van der Waals surface area contributed by atoms with Crippen molar-refractivity contribution in [2.45, 2.75) is 26.8 Å². The Morgan fingerprint density at radius 2 is 2.21 bits per heavy atom. The van der Waals surface area contributed by atoms with Gasteiger partial charge < -0.3 is 5.32 Å². The Labute approximate surface area is 114 Å². The molecule has 19 heavy (non-hydrogen) atoms. The Morgan fingerprint density at radius 3 is 2.79 bits per heavy atom. The van der Waals surface area contributed by atoms with Crippen LogP contribution in [0.4, 0.5) is 5.13 Å². The first-order valence-corrected chi connectivity index (χ1v) is 6.64. The van der Waals surface area contributed by atoms with Crippen LogP contribution in [0.15, 0.2) is 22.4 Å². The highest BCUT2D eigenvalue weighted by Crippen LogP contribution is 2.14. The molecule has 2 aromatic rings. The second kappa shape index (κ2) is 5.31. The third-order valence-corrected chi connectivity index (χ3v) is 3.39. The Bertz CT molecular complexity index is 648. The average Bonchev–Trinajstić information content (AvgIpc) is 2.80. The van der Waals surface area contributed by atoms with Crippen LogP contribution in [-0.2, 0) is 4.79 Å². The molecule has 1 atom stereocenters. The number of nitrogens with one attached hydrogen (secondary N) is 1. The lowest BCUT2D eigenvalue weighted by molar-refractivity contribution is -0.118. The van der Waals surface area contributed by atoms with Crippen molar-refractivity contribution in [1.29, 1.82) is 0 Å². The second-order valence-corrected chi connectivity index (χ2v) is 5.09. The van der Waals surface area contributed by atoms with Gasteiger partial charge in [0.1, 0.15) is 6.04 Å². The SMILES string of the molecule is Cc1cc(C)n(C(C)C(=O)Nc2nccs2)c(=O)n1. The molecule has 0 aliphatic rings. The van der Waals surface area contributed by atoms with Crippen LogP contribution in [0.5, 0.6) is 0 Å². The van der Waals surface area contributed by atoms with E-state index in [4.69, 9.17) is 0 Å². The van der Waals surface area contributed by atoms with Gasteiger partial charge in [-0.15, -0.1) is 11.3 Å². The van der Waals surface area contributed by atoms with Gasteiger partial charge in [-0.1, -0.05) is 0 Å². The molecule has 1 unspecified atom stereocenters. The van der Waals surface area contributed by atoms with E-state index >= 15 is 0 Å². The summed E-state index contributed by atoms with van der Waals surface area (Å²) in [7, 11) is 0. The number of thiazole rings is 1. The number of hydrogen-bond donors (Lipinski definition) is 1. The van der Waals surface area contributed by atoms with E-state index in [1.165, 1.54) is 15.9 Å². The zero-order valence-electron chi connectivity index (χ0n) is 10.9. The number of aromatic nitrogens is 3. The maximum absolute atomic E-state index is 12.1. The van der Waals surface area contributed by atoms with Crippen LogP contribution < -0.4 is 11.0 Å². The van der Waals surface area contributed by atoms with Gasteiger partial charge in [-0.05, 0) is 26.8 Å². The van der Waals surface area contributed by atoms with Gasteiger partial charge in [-0.25, -0.2) is 9.78 Å². The minimum atomic E-state index is -0.635. The lowest BCUT2D eigenvalue weighted by Gasteiger charge is -2.16. The first-order chi connectivity index (χ1) is 8.99. The number of amides is 1. The fourth-order valence-electron chi connectivity index (χ4n) is 1.84. The van der Waals surface area contributed by atoms with Crippen molar-refractivity contribution < 1.29 is 4.79 Å². The Hall–Kier alpha value is -2.02. The molecule has 0 spiro atoms. The molecule has 0 saturated heterocycles. The Balaban J connectivity index is 2.27. The molecule has 0 aliphatic carbocycles. The van der Waals surface area contributed by atoms with Crippen molar-refractivity contribution >= 4 is 22.4 Å². The van der Waals surface area contributed by atoms with Gasteiger partial charge in [-0.2, -0.15) is 4.98 Å². The lowest BCUT2D eigenvalue weighted by Crippen LogP contribution is -2.34. The van der Waals surface area contributed by atoms with Crippen LogP contribution in [0.1, 0.15) is 24.4 Å². The monoisotopic (exact) mass is 278 g/mol. The molecule has 1 amide bonds. The summed E-state index contributed by atoms with van der Waals surface area (Å²) in [6.45, 7) is 5.19. The van der Waals surface area contributed by atoms with E-state index in [0.29, 0.717) is 16.5 Å². The van der Waals surface area contributed by atoms with Crippen molar-refractivity contribution in [2.24, 2.45) is 0 Å². The van der Waals surface area contributed by atoms with Gasteiger partial charge in [0.25, 0.3) is 0 Å². The molecule has 0 saturated carbocycles. The predicted molar refractivity (Wildman–Crippen MR) is 73.4 cm³/mol. The summed E-state index contributed by atoms with van der Waals surface area (Å²) in [6.07, 6.45) is 1.61. The summed E-state index contributed by atoms with van der Waals surface area (Å²) in [4.78, 5) is 31.8. The summed E-state index contributed by atoms with van der Waals surface area (Å²) in [6, 6.07) is 1.14. The molecular weight excluding hydrogens is 264 g/mol. The van der Waals surface area contributed by atoms with Crippen LogP contribution in [0, 0.1) is 13.8 Å². The zero-order chi connectivity index (χ0) is 14.0. The molecule has 0 radical (unpaired) electrons. The maximum Gasteiger partial charge on any atom is 0.348 e. The fraction of sp³-hybridized carbons (Fsp3) is 0.333. The third kappa shape index (κ3) is 2.87. The molecule has 2 rings (SSSR count). The molecule has 0 bridgehead atoms. The summed E-state index contributed by atoms with van der Waals surface area (Å²) in [5.41, 5.74) is 0.935. The van der Waals surface area contributed by atoms with E-state index in [2.05, 4.69) is 15.3 Å². The van der Waals surface area contributed by atoms with Crippen molar-refractivity contribution in [2.75, 3.05) is 5.32 Å². The van der Waals surface area contributed by atoms with Gasteiger partial charge in [0, 0.05) is 23.0 Å². The number of nitrogens with zero attached hydrogens (tertiary/aromatic N) is 3. The molecule has 0 aliphatic heterocycles. The standard InChI is InChI=1S/C12H14N4O2S/c1-7-6-8(2)16(12(18)14-7)9(3)10(17)15-11-13-4-5-19-11/h4-6,9H,1-3H3,(H,13,15,17). The molecule has 0 aromatic carbocycles. The molecule has 6 nitrogen and oxygen atoms in total. The van der Waals surface area contributed by atoms with Crippen LogP contribution in [0.2, 0.25) is 0 Å². The topological polar surface area (TPSA) is 76.9 Å². The zero-order valence-corrected chi connectivity index (χ0v) is 11.7. The number of hydrogen-bond acceptors (Lipinski definition) is 5. The molecule has 0 fully saturated rings. The highest BCUT2D eigenvalue weighted by atomic mass is 32.1. The first-order valence-electron chi connectivity index (χ1n) is 5.76. The van der Waals surface area contributed by atoms with Gasteiger partial charge >= 0.3 is 5.69 Å². The minimum absolute atomic E-state index is 0.286. The Morgan fingerprint density at radius 1 is 1.47 bits per heavy atom. The van der Waals surface area contributed by atoms with Gasteiger partial charge in [0.05, 0.1) is 0 Å². The van der Waals surface area contributed by atoms with Gasteiger partial charge in [0.2, 0.25) is 5.91 Å². The van der Waals surface area contributed by atoms with E-state index in [1.807, 2.05) is 0 Å². The molecular formula is C12H14N4O2S. The van der Waals surface area contributed by atoms with Crippen molar-refractivity contribution in [3.63, 3.8) is 0 Å². The Kier molecular flexibility index (Phi) is 3.75. The lowest BCUT2D eigenvalue weighted by atomic mass is 10.2. The molecule has 7 heteroatoms. The highest BCUT2D eigenvalue weighted by molar-refractivity contribution is 7.13. The smallest absolute Gasteiger partial charge is 0.300 e. The van der Waals surface area contributed by atoms with Gasteiger partial charge in [-0.3, -0.25) is 9.36 Å². The minimum Gasteiger partial charge on any atom is -0.300 e. The summed E-state index contributed by atoms with van der Waals surface area (Å²) >= 11 is 1.33. The number of carbonyl (C=O) groups excluding carboxylic acids is 1. The van der Waals surface area contributed by atoms with Crippen LogP contribution in [0.3, 0.4) is 0 Å². The third-order valence-electron chi connectivity index (χ3n) is 2.71. The van der Waals surface area contributed by atoms with Crippen molar-refractivity contribution in [1.82, 2.24) is 14.5 Å². The highest BCUT2D eigenvalue weighted by Gasteiger charge is 2.19. The van der Waals surface area contributed by atoms with E-state index < -0.39 is 11.7 Å². The maximum atomic E-state index is 12.1. The quantitative estimate of drug-likeness (QED) is 0.923. The predicted octanol–water partition coefficient (Wildman–Crippen LogP) is 1.52. The molecule has 1 N–H and O–H groups in total. The van der Waals surface area contributed by atoms with Crippen molar-refractivity contribution in [3.8, 4) is 0 Å². The molecule has 2 aromatic heterocycles. The molecule has 2 heterocycles. The number of aryl methyl sites for hydroxylation is 2. The summed E-state index contributed by atoms with van der Waals surface area (Å²) in [5.74, 6) is -0.286. The number of carbonyl (C=O) groups is 1. The van der Waals surface area contributed by atoms with Crippen LogP contribution in [0.25, 0.3) is 0 Å². The summed E-state index contributed by atoms with van der Waals surface area (Å²) in [5, 5.41) is 4.96. The normalized spacial score (nSPS) is 12.2. The van der Waals surface area contributed by atoms with Crippen LogP contribution in [-0.4, -0.2) is 20.4 Å². The summed E-state index contributed by atoms with van der Waals surface area (Å²) < 4.78 is 1.37. The first kappa shape index (κ1) is 13.4. The van der Waals surface area contributed by atoms with E-state index in [9.17, 15) is 9.59 Å². The number of rotatable bonds is 3. The van der Waals surface area contributed by atoms with E-state index in [0.717, 1.165) is 0 Å². The van der Waals surface area contributed by atoms with Gasteiger partial charge in [0.15, 0.2) is 5.13 Å². The number of anilines is 1. The molecule has 100 valence electrons.